The largest absolute Gasteiger partial charge is 0.456 e. The van der Waals surface area contributed by atoms with Gasteiger partial charge in [-0.2, -0.15) is 0 Å². The van der Waals surface area contributed by atoms with Crippen LogP contribution in [0.5, 0.6) is 0 Å². The Morgan fingerprint density at radius 3 is 1.49 bits per heavy atom. The van der Waals surface area contributed by atoms with Gasteiger partial charge in [0, 0.05) is 34.1 Å². The van der Waals surface area contributed by atoms with E-state index >= 15 is 0 Å². The molecule has 9 aromatic rings. The molecule has 9 rings (SSSR count). The first kappa shape index (κ1) is 28.6. The van der Waals surface area contributed by atoms with Crippen molar-refractivity contribution in [1.82, 2.24) is 0 Å². The number of anilines is 6. The van der Waals surface area contributed by atoms with E-state index in [2.05, 4.69) is 204 Å². The lowest BCUT2D eigenvalue weighted by molar-refractivity contribution is 0.669. The zero-order chi connectivity index (χ0) is 32.6. The molecule has 0 saturated heterocycles. The van der Waals surface area contributed by atoms with Crippen LogP contribution in [0.15, 0.2) is 199 Å². The summed E-state index contributed by atoms with van der Waals surface area (Å²) in [6.45, 7) is 0. The molecule has 0 saturated carbocycles. The van der Waals surface area contributed by atoms with E-state index in [1.165, 1.54) is 5.39 Å². The van der Waals surface area contributed by atoms with Crippen molar-refractivity contribution in [3.63, 3.8) is 0 Å². The van der Waals surface area contributed by atoms with Gasteiger partial charge < -0.3 is 14.2 Å². The zero-order valence-electron chi connectivity index (χ0n) is 26.8. The van der Waals surface area contributed by atoms with Crippen molar-refractivity contribution in [1.29, 1.82) is 0 Å². The van der Waals surface area contributed by atoms with Gasteiger partial charge in [0.15, 0.2) is 0 Å². The Labute approximate surface area is 285 Å². The first-order valence-corrected chi connectivity index (χ1v) is 16.6. The summed E-state index contributed by atoms with van der Waals surface area (Å²) >= 11 is 0. The van der Waals surface area contributed by atoms with Crippen molar-refractivity contribution in [2.75, 3.05) is 9.80 Å². The summed E-state index contributed by atoms with van der Waals surface area (Å²) in [6.07, 6.45) is 0. The number of rotatable bonds is 7. The van der Waals surface area contributed by atoms with Gasteiger partial charge in [-0.05, 0) is 77.0 Å². The molecule has 0 aliphatic rings. The van der Waals surface area contributed by atoms with Gasteiger partial charge in [0.05, 0.1) is 22.4 Å². The van der Waals surface area contributed by atoms with Gasteiger partial charge in [0.2, 0.25) is 0 Å². The van der Waals surface area contributed by atoms with E-state index in [1.54, 1.807) is 0 Å². The molecule has 0 N–H and O–H groups in total. The highest BCUT2D eigenvalue weighted by atomic mass is 16.3. The van der Waals surface area contributed by atoms with Crippen LogP contribution in [-0.2, 0) is 0 Å². The minimum absolute atomic E-state index is 0.827. The van der Waals surface area contributed by atoms with Crippen molar-refractivity contribution in [2.24, 2.45) is 0 Å². The summed E-state index contributed by atoms with van der Waals surface area (Å²) in [5, 5.41) is 4.48. The van der Waals surface area contributed by atoms with E-state index in [0.29, 0.717) is 0 Å². The summed E-state index contributed by atoms with van der Waals surface area (Å²) in [6, 6.07) is 68.5. The minimum Gasteiger partial charge on any atom is -0.456 e. The van der Waals surface area contributed by atoms with Gasteiger partial charge in [0.25, 0.3) is 0 Å². The second kappa shape index (κ2) is 12.2. The van der Waals surface area contributed by atoms with Gasteiger partial charge in [0.1, 0.15) is 11.2 Å². The number of hydrogen-bond acceptors (Lipinski definition) is 3. The maximum Gasteiger partial charge on any atom is 0.139 e. The molecule has 232 valence electrons. The molecular formula is C46H32N2O. The normalized spacial score (nSPS) is 11.3. The fourth-order valence-corrected chi connectivity index (χ4v) is 6.98. The molecule has 0 fully saturated rings. The van der Waals surface area contributed by atoms with Gasteiger partial charge in [-0.3, -0.25) is 0 Å². The second-order valence-corrected chi connectivity index (χ2v) is 12.2. The van der Waals surface area contributed by atoms with Gasteiger partial charge in [-0.1, -0.05) is 127 Å². The Balaban J connectivity index is 1.41. The van der Waals surface area contributed by atoms with Crippen molar-refractivity contribution >= 4 is 66.8 Å². The average molecular weight is 629 g/mol. The molecule has 49 heavy (non-hydrogen) atoms. The number of para-hydroxylation sites is 4. The lowest BCUT2D eigenvalue weighted by atomic mass is 10.00. The smallest absolute Gasteiger partial charge is 0.139 e. The van der Waals surface area contributed by atoms with Gasteiger partial charge in [-0.15, -0.1) is 0 Å². The summed E-state index contributed by atoms with van der Waals surface area (Å²) in [5.74, 6) is 0. The SMILES string of the molecule is c1ccc(-c2ccccc2N(c2ccccc2)c2cc(N(c3ccccc3)c3ccccc3)cc3oc4cc5ccccc5cc4c23)cc1. The average Bonchev–Trinajstić information content (AvgIpc) is 3.53. The maximum absolute atomic E-state index is 6.85. The van der Waals surface area contributed by atoms with E-state index in [9.17, 15) is 0 Å². The second-order valence-electron chi connectivity index (χ2n) is 12.2. The number of benzene rings is 8. The van der Waals surface area contributed by atoms with E-state index < -0.39 is 0 Å². The standard InChI is InChI=1S/C46H32N2O/c1-5-17-33(18-6-1)40-27-15-16-28-42(40)48(38-25-11-4-12-26-38)43-31-39(47(36-21-7-2-8-22-36)37-23-9-3-10-24-37)32-45-46(43)41-29-34-19-13-14-20-35(34)30-44(41)49-45/h1-32H. The fraction of sp³-hybridized carbons (Fsp3) is 0. The quantitative estimate of drug-likeness (QED) is 0.175. The molecule has 8 aromatic carbocycles. The lowest BCUT2D eigenvalue weighted by Gasteiger charge is -2.31. The van der Waals surface area contributed by atoms with Gasteiger partial charge >= 0.3 is 0 Å². The van der Waals surface area contributed by atoms with Crippen LogP contribution in [-0.4, -0.2) is 0 Å². The predicted molar refractivity (Wildman–Crippen MR) is 206 cm³/mol. The molecule has 0 atom stereocenters. The Bertz CT molecular complexity index is 2500. The summed E-state index contributed by atoms with van der Waals surface area (Å²) in [7, 11) is 0. The summed E-state index contributed by atoms with van der Waals surface area (Å²) in [4.78, 5) is 4.70. The lowest BCUT2D eigenvalue weighted by Crippen LogP contribution is -2.14. The van der Waals surface area contributed by atoms with Crippen LogP contribution >= 0.6 is 0 Å². The topological polar surface area (TPSA) is 19.6 Å². The highest BCUT2D eigenvalue weighted by Gasteiger charge is 2.25. The molecule has 3 nitrogen and oxygen atoms in total. The molecule has 0 unspecified atom stereocenters. The highest BCUT2D eigenvalue weighted by molar-refractivity contribution is 6.18. The minimum atomic E-state index is 0.827. The van der Waals surface area contributed by atoms with E-state index in [1.807, 2.05) is 0 Å². The molecule has 0 aliphatic carbocycles. The summed E-state index contributed by atoms with van der Waals surface area (Å²) < 4.78 is 6.85. The molecule has 0 spiro atoms. The van der Waals surface area contributed by atoms with Crippen molar-refractivity contribution < 1.29 is 4.42 Å². The van der Waals surface area contributed by atoms with Crippen LogP contribution in [0.25, 0.3) is 43.8 Å². The molecule has 0 bridgehead atoms. The van der Waals surface area contributed by atoms with Crippen LogP contribution in [0.2, 0.25) is 0 Å². The Morgan fingerprint density at radius 2 is 0.857 bits per heavy atom. The van der Waals surface area contributed by atoms with Crippen LogP contribution < -0.4 is 9.80 Å². The van der Waals surface area contributed by atoms with E-state index in [0.717, 1.165) is 72.6 Å². The monoisotopic (exact) mass is 628 g/mol. The number of furan rings is 1. The molecule has 3 heteroatoms. The first-order chi connectivity index (χ1) is 24.3. The summed E-state index contributed by atoms with van der Waals surface area (Å²) in [5.41, 5.74) is 10.3. The third-order valence-electron chi connectivity index (χ3n) is 9.18. The molecule has 1 heterocycles. The van der Waals surface area contributed by atoms with Gasteiger partial charge in [-0.25, -0.2) is 0 Å². The Morgan fingerprint density at radius 1 is 0.347 bits per heavy atom. The molecule has 0 aliphatic heterocycles. The molecule has 1 aromatic heterocycles. The number of nitrogens with zero attached hydrogens (tertiary/aromatic N) is 2. The maximum atomic E-state index is 6.85. The Kier molecular flexibility index (Phi) is 7.14. The van der Waals surface area contributed by atoms with Crippen molar-refractivity contribution in [3.8, 4) is 11.1 Å². The van der Waals surface area contributed by atoms with Crippen LogP contribution in [0.3, 0.4) is 0 Å². The zero-order valence-corrected chi connectivity index (χ0v) is 26.8. The molecule has 0 radical (unpaired) electrons. The highest BCUT2D eigenvalue weighted by Crippen LogP contribution is 2.49. The third-order valence-corrected chi connectivity index (χ3v) is 9.18. The number of fused-ring (bicyclic) bond motifs is 4. The van der Waals surface area contributed by atoms with E-state index in [-0.39, 0.29) is 0 Å². The fourth-order valence-electron chi connectivity index (χ4n) is 6.98. The Hall–Kier alpha value is -6.58. The molecule has 0 amide bonds. The van der Waals surface area contributed by atoms with Crippen LogP contribution in [0, 0.1) is 0 Å². The third kappa shape index (κ3) is 5.18. The van der Waals surface area contributed by atoms with Crippen molar-refractivity contribution in [3.05, 3.63) is 194 Å². The van der Waals surface area contributed by atoms with Crippen molar-refractivity contribution in [2.45, 2.75) is 0 Å². The van der Waals surface area contributed by atoms with Crippen LogP contribution in [0.4, 0.5) is 34.1 Å². The predicted octanol–water partition coefficient (Wildman–Crippen LogP) is 13.3. The van der Waals surface area contributed by atoms with Crippen LogP contribution in [0.1, 0.15) is 0 Å². The molecular weight excluding hydrogens is 597 g/mol. The van der Waals surface area contributed by atoms with E-state index in [4.69, 9.17) is 4.42 Å². The first-order valence-electron chi connectivity index (χ1n) is 16.6. The number of hydrogen-bond donors (Lipinski definition) is 0.